The molecule has 3 aromatic rings. The van der Waals surface area contributed by atoms with Crippen molar-refractivity contribution in [1.29, 1.82) is 0 Å². The first kappa shape index (κ1) is 24.7. The van der Waals surface area contributed by atoms with Gasteiger partial charge in [0.05, 0.1) is 17.8 Å². The monoisotopic (exact) mass is 487 g/mol. The lowest BCUT2D eigenvalue weighted by molar-refractivity contribution is -0.136. The van der Waals surface area contributed by atoms with Gasteiger partial charge < -0.3 is 14.8 Å². The van der Waals surface area contributed by atoms with E-state index >= 15 is 0 Å². The zero-order chi connectivity index (χ0) is 24.7. The topological polar surface area (TPSA) is 89.0 Å². The van der Waals surface area contributed by atoms with Crippen molar-refractivity contribution < 1.29 is 27.8 Å². The Morgan fingerprint density at radius 1 is 0.971 bits per heavy atom. The maximum atomic E-state index is 13.8. The van der Waals surface area contributed by atoms with E-state index in [0.717, 1.165) is 6.07 Å². The van der Waals surface area contributed by atoms with Crippen LogP contribution in [0.4, 0.5) is 14.5 Å². The number of benzene rings is 3. The molecule has 0 bridgehead atoms. The van der Waals surface area contributed by atoms with Gasteiger partial charge in [-0.15, -0.1) is 0 Å². The van der Waals surface area contributed by atoms with Gasteiger partial charge in [0, 0.05) is 16.8 Å². The molecule has 34 heavy (non-hydrogen) atoms. The third-order valence-corrected chi connectivity index (χ3v) is 4.92. The van der Waals surface area contributed by atoms with Crippen LogP contribution in [0.15, 0.2) is 65.8 Å². The third-order valence-electron chi connectivity index (χ3n) is 4.63. The Kier molecular flexibility index (Phi) is 8.15. The number of carbonyl (C=O) groups excluding carboxylic acids is 2. The van der Waals surface area contributed by atoms with E-state index in [-0.39, 0.29) is 23.1 Å². The molecular weight excluding hydrogens is 468 g/mol. The van der Waals surface area contributed by atoms with Crippen LogP contribution < -0.4 is 20.2 Å². The van der Waals surface area contributed by atoms with E-state index in [1.807, 2.05) is 0 Å². The minimum Gasteiger partial charge on any atom is -0.493 e. The van der Waals surface area contributed by atoms with Crippen molar-refractivity contribution >= 4 is 34.8 Å². The lowest BCUT2D eigenvalue weighted by atomic mass is 10.1. The summed E-state index contributed by atoms with van der Waals surface area (Å²) in [5.74, 6) is -2.29. The molecule has 0 radical (unpaired) electrons. The van der Waals surface area contributed by atoms with Gasteiger partial charge >= 0.3 is 11.8 Å². The summed E-state index contributed by atoms with van der Waals surface area (Å²) < 4.78 is 38.0. The van der Waals surface area contributed by atoms with Gasteiger partial charge in [-0.3, -0.25) is 9.59 Å². The van der Waals surface area contributed by atoms with E-state index < -0.39 is 17.6 Å². The maximum Gasteiger partial charge on any atom is 0.329 e. The number of nitrogens with one attached hydrogen (secondary N) is 2. The quantitative estimate of drug-likeness (QED) is 0.287. The van der Waals surface area contributed by atoms with Gasteiger partial charge in [0.25, 0.3) is 0 Å². The largest absolute Gasteiger partial charge is 0.493 e. The molecule has 0 saturated carbocycles. The Morgan fingerprint density at radius 3 is 2.44 bits per heavy atom. The van der Waals surface area contributed by atoms with Crippen LogP contribution >= 0.6 is 11.6 Å². The standard InChI is InChI=1S/C24H20ClF2N3O4/c1-14(29-30-24(32)23(31)28-17-8-9-20(27)18(25)12-17)15-7-10-21(22(11-15)33-2)34-13-16-5-3-4-6-19(16)26/h3-12H,13H2,1-2H3,(H,28,31)(H,30,32)/b29-14+. The van der Waals surface area contributed by atoms with Gasteiger partial charge in [-0.2, -0.15) is 5.10 Å². The van der Waals surface area contributed by atoms with Crippen LogP contribution in [-0.4, -0.2) is 24.6 Å². The van der Waals surface area contributed by atoms with Crippen LogP contribution in [0.5, 0.6) is 11.5 Å². The highest BCUT2D eigenvalue weighted by atomic mass is 35.5. The molecule has 7 nitrogen and oxygen atoms in total. The molecule has 0 heterocycles. The Bertz CT molecular complexity index is 1250. The molecule has 0 unspecified atom stereocenters. The molecule has 10 heteroatoms. The molecule has 3 aromatic carbocycles. The summed E-state index contributed by atoms with van der Waals surface area (Å²) in [6, 6.07) is 14.7. The first-order valence-corrected chi connectivity index (χ1v) is 10.3. The Morgan fingerprint density at radius 2 is 1.74 bits per heavy atom. The lowest BCUT2D eigenvalue weighted by Gasteiger charge is -2.13. The lowest BCUT2D eigenvalue weighted by Crippen LogP contribution is -2.32. The number of methoxy groups -OCH3 is 1. The van der Waals surface area contributed by atoms with Crippen molar-refractivity contribution in [2.24, 2.45) is 5.10 Å². The van der Waals surface area contributed by atoms with Crippen molar-refractivity contribution in [3.05, 3.63) is 88.4 Å². The summed E-state index contributed by atoms with van der Waals surface area (Å²) in [6.45, 7) is 1.63. The van der Waals surface area contributed by atoms with Gasteiger partial charge in [-0.1, -0.05) is 29.8 Å². The molecule has 0 aliphatic heterocycles. The summed E-state index contributed by atoms with van der Waals surface area (Å²) in [7, 11) is 1.45. The highest BCUT2D eigenvalue weighted by molar-refractivity contribution is 6.40. The summed E-state index contributed by atoms with van der Waals surface area (Å²) in [6.07, 6.45) is 0. The molecule has 0 saturated heterocycles. The average Bonchev–Trinajstić information content (AvgIpc) is 2.84. The van der Waals surface area contributed by atoms with Crippen LogP contribution in [0.1, 0.15) is 18.1 Å². The number of ether oxygens (including phenoxy) is 2. The number of anilines is 1. The average molecular weight is 488 g/mol. The van der Waals surface area contributed by atoms with Crippen molar-refractivity contribution in [2.45, 2.75) is 13.5 Å². The number of rotatable bonds is 7. The molecule has 0 aromatic heterocycles. The number of hydrogen-bond acceptors (Lipinski definition) is 5. The van der Waals surface area contributed by atoms with Gasteiger partial charge in [-0.25, -0.2) is 14.2 Å². The van der Waals surface area contributed by atoms with E-state index in [1.54, 1.807) is 43.3 Å². The smallest absolute Gasteiger partial charge is 0.329 e. The van der Waals surface area contributed by atoms with E-state index in [0.29, 0.717) is 28.3 Å². The SMILES string of the molecule is COc1cc(/C(C)=N/NC(=O)C(=O)Nc2ccc(F)c(Cl)c2)ccc1OCc1ccccc1F. The normalized spacial score (nSPS) is 11.0. The fraction of sp³-hybridized carbons (Fsp3) is 0.125. The van der Waals surface area contributed by atoms with E-state index in [9.17, 15) is 18.4 Å². The van der Waals surface area contributed by atoms with Crippen LogP contribution in [0.25, 0.3) is 0 Å². The molecule has 0 atom stereocenters. The van der Waals surface area contributed by atoms with Gasteiger partial charge in [0.15, 0.2) is 11.5 Å². The first-order valence-electron chi connectivity index (χ1n) is 9.93. The predicted octanol–water partition coefficient (Wildman–Crippen LogP) is 4.68. The summed E-state index contributed by atoms with van der Waals surface area (Å²) in [5, 5.41) is 6.03. The molecule has 2 amide bonds. The number of hydrogen-bond donors (Lipinski definition) is 2. The number of amides is 2. The van der Waals surface area contributed by atoms with Crippen LogP contribution in [-0.2, 0) is 16.2 Å². The molecule has 0 fully saturated rings. The highest BCUT2D eigenvalue weighted by Gasteiger charge is 2.15. The van der Waals surface area contributed by atoms with Crippen molar-refractivity contribution in [3.8, 4) is 11.5 Å². The molecular formula is C24H20ClF2N3O4. The zero-order valence-electron chi connectivity index (χ0n) is 18.2. The highest BCUT2D eigenvalue weighted by Crippen LogP contribution is 2.29. The minimum atomic E-state index is -1.03. The Balaban J connectivity index is 1.63. The van der Waals surface area contributed by atoms with Crippen LogP contribution in [0.3, 0.4) is 0 Å². The Labute approximate surface area is 199 Å². The van der Waals surface area contributed by atoms with Crippen molar-refractivity contribution in [2.75, 3.05) is 12.4 Å². The molecule has 0 aliphatic carbocycles. The van der Waals surface area contributed by atoms with Gasteiger partial charge in [0.2, 0.25) is 0 Å². The third kappa shape index (κ3) is 6.29. The summed E-state index contributed by atoms with van der Waals surface area (Å²) in [4.78, 5) is 24.1. The predicted molar refractivity (Wildman–Crippen MR) is 124 cm³/mol. The zero-order valence-corrected chi connectivity index (χ0v) is 19.0. The van der Waals surface area contributed by atoms with Crippen LogP contribution in [0.2, 0.25) is 5.02 Å². The maximum absolute atomic E-state index is 13.8. The second-order valence-corrected chi connectivity index (χ2v) is 7.37. The van der Waals surface area contributed by atoms with Crippen LogP contribution in [0, 0.1) is 11.6 Å². The number of hydrazone groups is 1. The fourth-order valence-corrected chi connectivity index (χ4v) is 2.98. The first-order chi connectivity index (χ1) is 16.3. The van der Waals surface area contributed by atoms with Crippen molar-refractivity contribution in [3.63, 3.8) is 0 Å². The molecule has 2 N–H and O–H groups in total. The summed E-state index contributed by atoms with van der Waals surface area (Å²) >= 11 is 5.66. The fourth-order valence-electron chi connectivity index (χ4n) is 2.79. The van der Waals surface area contributed by atoms with E-state index in [4.69, 9.17) is 21.1 Å². The van der Waals surface area contributed by atoms with Gasteiger partial charge in [0.1, 0.15) is 18.2 Å². The second kappa shape index (κ2) is 11.2. The second-order valence-electron chi connectivity index (χ2n) is 6.97. The molecule has 0 aliphatic rings. The van der Waals surface area contributed by atoms with Crippen molar-refractivity contribution in [1.82, 2.24) is 5.43 Å². The molecule has 0 spiro atoms. The van der Waals surface area contributed by atoms with E-state index in [1.165, 1.54) is 25.3 Å². The van der Waals surface area contributed by atoms with Gasteiger partial charge in [-0.05, 0) is 49.4 Å². The Hall–Kier alpha value is -3.98. The number of halogens is 3. The van der Waals surface area contributed by atoms with E-state index in [2.05, 4.69) is 15.8 Å². The molecule has 176 valence electrons. The number of nitrogens with zero attached hydrogens (tertiary/aromatic N) is 1. The molecule has 3 rings (SSSR count). The minimum absolute atomic E-state index is 0.0138. The number of carbonyl (C=O) groups is 2. The summed E-state index contributed by atoms with van der Waals surface area (Å²) in [5.41, 5.74) is 3.67.